The maximum Gasteiger partial charge on any atom is 0.243 e. The summed E-state index contributed by atoms with van der Waals surface area (Å²) in [5.41, 5.74) is 1.74. The Morgan fingerprint density at radius 3 is 2.25 bits per heavy atom. The molecule has 1 heterocycles. The molecule has 1 saturated heterocycles. The molecule has 0 aromatic heterocycles. The van der Waals surface area contributed by atoms with Crippen LogP contribution in [0.2, 0.25) is 0 Å². The van der Waals surface area contributed by atoms with Gasteiger partial charge in [0, 0.05) is 32.5 Å². The van der Waals surface area contributed by atoms with Crippen LogP contribution in [0.3, 0.4) is 0 Å². The molecule has 4 rings (SSSR count). The van der Waals surface area contributed by atoms with Crippen LogP contribution in [0, 0.1) is 17.8 Å². The first-order valence-corrected chi connectivity index (χ1v) is 14.0. The molecular formula is C32H39N3O5. The highest BCUT2D eigenvalue weighted by Gasteiger charge is 2.47. The van der Waals surface area contributed by atoms with Gasteiger partial charge in [0.2, 0.25) is 23.6 Å². The van der Waals surface area contributed by atoms with Crippen LogP contribution >= 0.6 is 0 Å². The molecular weight excluding hydrogens is 506 g/mol. The van der Waals surface area contributed by atoms with Gasteiger partial charge in [-0.25, -0.2) is 0 Å². The van der Waals surface area contributed by atoms with Gasteiger partial charge in [0.15, 0.2) is 0 Å². The van der Waals surface area contributed by atoms with Crippen LogP contribution in [0.25, 0.3) is 0 Å². The number of benzene rings is 2. The maximum atomic E-state index is 13.9. The summed E-state index contributed by atoms with van der Waals surface area (Å²) in [4.78, 5) is 56.3. The quantitative estimate of drug-likeness (QED) is 0.324. The molecule has 2 aromatic carbocycles. The number of hydrogen-bond acceptors (Lipinski definition) is 5. The minimum absolute atomic E-state index is 0.00375. The molecule has 1 N–H and O–H groups in total. The minimum atomic E-state index is -0.781. The van der Waals surface area contributed by atoms with Crippen LogP contribution in [0.15, 0.2) is 66.7 Å². The lowest BCUT2D eigenvalue weighted by Crippen LogP contribution is -2.51. The number of allylic oxidation sites excluding steroid dienone is 2. The highest BCUT2D eigenvalue weighted by molar-refractivity contribution is 6.05. The number of rotatable bonds is 12. The number of nitrogens with one attached hydrogen (secondary N) is 1. The number of hydrogen-bond donors (Lipinski definition) is 1. The number of fused-ring (bicyclic) bond motifs is 1. The smallest absolute Gasteiger partial charge is 0.243 e. The van der Waals surface area contributed by atoms with Crippen molar-refractivity contribution in [2.75, 3.05) is 20.2 Å². The fraction of sp³-hybridized carbons (Fsp3) is 0.438. The van der Waals surface area contributed by atoms with Gasteiger partial charge in [-0.05, 0) is 42.0 Å². The van der Waals surface area contributed by atoms with Crippen molar-refractivity contribution in [3.8, 4) is 5.75 Å². The molecule has 8 heteroatoms. The molecule has 2 aromatic rings. The first-order valence-electron chi connectivity index (χ1n) is 14.0. The number of amides is 4. The number of imide groups is 1. The zero-order chi connectivity index (χ0) is 28.6. The second-order valence-electron chi connectivity index (χ2n) is 11.0. The van der Waals surface area contributed by atoms with Gasteiger partial charge in [0.25, 0.3) is 0 Å². The number of nitrogens with zero attached hydrogens (tertiary/aromatic N) is 2. The SMILES string of the molecule is COc1cccc(CN(C(=O)CCN2C(=O)[C@H]3CC=CC[C@H]3C2=O)[C@@H](Cc2ccccc2)C(=O)NCC(C)C)c1. The Morgan fingerprint density at radius 2 is 1.62 bits per heavy atom. The van der Waals surface area contributed by atoms with Crippen molar-refractivity contribution in [2.24, 2.45) is 17.8 Å². The average molecular weight is 546 g/mol. The fourth-order valence-electron chi connectivity index (χ4n) is 5.38. The van der Waals surface area contributed by atoms with Gasteiger partial charge in [-0.3, -0.25) is 24.1 Å². The highest BCUT2D eigenvalue weighted by atomic mass is 16.5. The summed E-state index contributed by atoms with van der Waals surface area (Å²) in [5.74, 6) is -0.728. The van der Waals surface area contributed by atoms with Crippen molar-refractivity contribution in [3.63, 3.8) is 0 Å². The van der Waals surface area contributed by atoms with E-state index in [4.69, 9.17) is 4.74 Å². The van der Waals surface area contributed by atoms with E-state index in [-0.39, 0.29) is 60.9 Å². The van der Waals surface area contributed by atoms with Crippen LogP contribution in [0.4, 0.5) is 0 Å². The topological polar surface area (TPSA) is 96.0 Å². The van der Waals surface area contributed by atoms with Gasteiger partial charge in [-0.15, -0.1) is 0 Å². The summed E-state index contributed by atoms with van der Waals surface area (Å²) in [7, 11) is 1.58. The first-order chi connectivity index (χ1) is 19.3. The van der Waals surface area contributed by atoms with E-state index in [0.29, 0.717) is 31.6 Å². The number of ether oxygens (including phenoxy) is 1. The van der Waals surface area contributed by atoms with E-state index >= 15 is 0 Å². The molecule has 0 unspecified atom stereocenters. The molecule has 0 spiro atoms. The lowest BCUT2D eigenvalue weighted by molar-refractivity contribution is -0.144. The van der Waals surface area contributed by atoms with Crippen LogP contribution in [0.5, 0.6) is 5.75 Å². The van der Waals surface area contributed by atoms with Crippen molar-refractivity contribution in [1.82, 2.24) is 15.1 Å². The van der Waals surface area contributed by atoms with E-state index in [1.807, 2.05) is 80.6 Å². The van der Waals surface area contributed by atoms with Crippen LogP contribution in [-0.2, 0) is 32.1 Å². The molecule has 4 amide bonds. The highest BCUT2D eigenvalue weighted by Crippen LogP contribution is 2.35. The molecule has 3 atom stereocenters. The Balaban J connectivity index is 1.59. The minimum Gasteiger partial charge on any atom is -0.497 e. The molecule has 40 heavy (non-hydrogen) atoms. The van der Waals surface area contributed by atoms with Gasteiger partial charge in [0.05, 0.1) is 18.9 Å². The van der Waals surface area contributed by atoms with E-state index < -0.39 is 6.04 Å². The third kappa shape index (κ3) is 6.97. The Morgan fingerprint density at radius 1 is 0.975 bits per heavy atom. The molecule has 212 valence electrons. The Kier molecular flexibility index (Phi) is 9.74. The molecule has 0 saturated carbocycles. The van der Waals surface area contributed by atoms with Crippen LogP contribution < -0.4 is 10.1 Å². The molecule has 2 aliphatic rings. The zero-order valence-corrected chi connectivity index (χ0v) is 23.5. The van der Waals surface area contributed by atoms with Crippen molar-refractivity contribution in [2.45, 2.75) is 52.1 Å². The molecule has 1 fully saturated rings. The molecule has 0 radical (unpaired) electrons. The van der Waals surface area contributed by atoms with E-state index in [1.165, 1.54) is 4.90 Å². The predicted octanol–water partition coefficient (Wildman–Crippen LogP) is 3.75. The molecule has 8 nitrogen and oxygen atoms in total. The van der Waals surface area contributed by atoms with Crippen molar-refractivity contribution in [1.29, 1.82) is 0 Å². The van der Waals surface area contributed by atoms with Crippen molar-refractivity contribution >= 4 is 23.6 Å². The second kappa shape index (κ2) is 13.4. The van der Waals surface area contributed by atoms with Gasteiger partial charge in [0.1, 0.15) is 11.8 Å². The Labute approximate surface area is 236 Å². The van der Waals surface area contributed by atoms with Gasteiger partial charge < -0.3 is 15.0 Å². The predicted molar refractivity (Wildman–Crippen MR) is 152 cm³/mol. The standard InChI is InChI=1S/C32H39N3O5/c1-22(2)20-33-30(37)28(19-23-10-5-4-6-11-23)35(21-24-12-9-13-25(18-24)40-3)29(36)16-17-34-31(38)26-14-7-8-15-27(26)32(34)39/h4-13,18,22,26-28H,14-17,19-21H2,1-3H3,(H,33,37)/t26-,27+,28-/m0/s1. The normalized spacial score (nSPS) is 18.9. The fourth-order valence-corrected chi connectivity index (χ4v) is 5.38. The van der Waals surface area contributed by atoms with Crippen molar-refractivity contribution < 1.29 is 23.9 Å². The summed E-state index contributed by atoms with van der Waals surface area (Å²) in [6.45, 7) is 4.70. The molecule has 1 aliphatic heterocycles. The van der Waals surface area contributed by atoms with Crippen LogP contribution in [0.1, 0.15) is 44.2 Å². The Hall–Kier alpha value is -3.94. The van der Waals surface area contributed by atoms with Crippen molar-refractivity contribution in [3.05, 3.63) is 77.9 Å². The monoisotopic (exact) mass is 545 g/mol. The Bertz CT molecular complexity index is 1220. The molecule has 0 bridgehead atoms. The average Bonchev–Trinajstić information content (AvgIpc) is 3.21. The largest absolute Gasteiger partial charge is 0.497 e. The van der Waals surface area contributed by atoms with E-state index in [9.17, 15) is 19.2 Å². The number of carbonyl (C=O) groups is 4. The van der Waals surface area contributed by atoms with Gasteiger partial charge >= 0.3 is 0 Å². The first kappa shape index (κ1) is 29.1. The summed E-state index contributed by atoms with van der Waals surface area (Å²) in [6, 6.07) is 16.2. The summed E-state index contributed by atoms with van der Waals surface area (Å²) < 4.78 is 5.38. The van der Waals surface area contributed by atoms with Crippen LogP contribution in [-0.4, -0.2) is 59.7 Å². The lowest BCUT2D eigenvalue weighted by Gasteiger charge is -2.32. The summed E-state index contributed by atoms with van der Waals surface area (Å²) >= 11 is 0. The third-order valence-electron chi connectivity index (χ3n) is 7.59. The van der Waals surface area contributed by atoms with E-state index in [0.717, 1.165) is 11.1 Å². The maximum absolute atomic E-state index is 13.9. The van der Waals surface area contributed by atoms with E-state index in [2.05, 4.69) is 5.32 Å². The second-order valence-corrected chi connectivity index (χ2v) is 11.0. The number of methoxy groups -OCH3 is 1. The summed E-state index contributed by atoms with van der Waals surface area (Å²) in [5, 5.41) is 3.01. The number of carbonyl (C=O) groups excluding carboxylic acids is 4. The summed E-state index contributed by atoms with van der Waals surface area (Å²) in [6.07, 6.45) is 5.27. The lowest BCUT2D eigenvalue weighted by atomic mass is 9.85. The molecule has 1 aliphatic carbocycles. The van der Waals surface area contributed by atoms with Gasteiger partial charge in [-0.1, -0.05) is 68.5 Å². The zero-order valence-electron chi connectivity index (χ0n) is 23.5. The third-order valence-corrected chi connectivity index (χ3v) is 7.59. The number of likely N-dealkylation sites (tertiary alicyclic amines) is 1. The van der Waals surface area contributed by atoms with Gasteiger partial charge in [-0.2, -0.15) is 0 Å². The van der Waals surface area contributed by atoms with E-state index in [1.54, 1.807) is 12.0 Å².